The Hall–Kier alpha value is -1.40. The van der Waals surface area contributed by atoms with Crippen LogP contribution >= 0.6 is 10.7 Å². The predicted molar refractivity (Wildman–Crippen MR) is 62.2 cm³/mol. The highest BCUT2D eigenvalue weighted by atomic mass is 35.7. The molecule has 0 atom stereocenters. The van der Waals surface area contributed by atoms with E-state index in [1.807, 2.05) is 0 Å². The first-order chi connectivity index (χ1) is 7.88. The van der Waals surface area contributed by atoms with Crippen molar-refractivity contribution in [2.45, 2.75) is 18.7 Å². The van der Waals surface area contributed by atoms with Crippen LogP contribution in [0.3, 0.4) is 0 Å². The van der Waals surface area contributed by atoms with Gasteiger partial charge >= 0.3 is 0 Å². The summed E-state index contributed by atoms with van der Waals surface area (Å²) in [4.78, 5) is 0.0486. The summed E-state index contributed by atoms with van der Waals surface area (Å²) in [5, 5.41) is 7.49. The third-order valence-corrected chi connectivity index (χ3v) is 3.69. The van der Waals surface area contributed by atoms with E-state index in [2.05, 4.69) is 10.2 Å². The largest absolute Gasteiger partial charge is 0.421 e. The molecule has 7 heteroatoms. The van der Waals surface area contributed by atoms with Crippen molar-refractivity contribution in [1.82, 2.24) is 10.2 Å². The second kappa shape index (κ2) is 4.12. The van der Waals surface area contributed by atoms with Crippen molar-refractivity contribution in [2.24, 2.45) is 0 Å². The van der Waals surface area contributed by atoms with Gasteiger partial charge in [0.2, 0.25) is 11.8 Å². The van der Waals surface area contributed by atoms with E-state index in [0.29, 0.717) is 17.0 Å². The van der Waals surface area contributed by atoms with Crippen molar-refractivity contribution in [3.63, 3.8) is 0 Å². The molecule has 0 radical (unpaired) electrons. The lowest BCUT2D eigenvalue weighted by molar-refractivity contribution is 0.532. The van der Waals surface area contributed by atoms with Gasteiger partial charge in [0, 0.05) is 23.2 Å². The zero-order valence-electron chi connectivity index (χ0n) is 9.14. The van der Waals surface area contributed by atoms with Crippen LogP contribution in [0.2, 0.25) is 0 Å². The molecule has 1 heterocycles. The molecule has 0 saturated heterocycles. The van der Waals surface area contributed by atoms with Crippen LogP contribution < -0.4 is 0 Å². The standard InChI is InChI=1S/C10H9ClN2O3S/c1-6-3-4-8(5-9(6)17(11,14)15)10-13-12-7(2)16-10/h3-5H,1-2H3. The Kier molecular flexibility index (Phi) is 2.92. The van der Waals surface area contributed by atoms with Crippen LogP contribution in [0.15, 0.2) is 27.5 Å². The summed E-state index contributed by atoms with van der Waals surface area (Å²) >= 11 is 0. The van der Waals surface area contributed by atoms with Crippen molar-refractivity contribution >= 4 is 19.7 Å². The van der Waals surface area contributed by atoms with E-state index in [9.17, 15) is 8.42 Å². The van der Waals surface area contributed by atoms with Crippen molar-refractivity contribution < 1.29 is 12.8 Å². The maximum Gasteiger partial charge on any atom is 0.261 e. The number of nitrogens with zero attached hydrogens (tertiary/aromatic N) is 2. The summed E-state index contributed by atoms with van der Waals surface area (Å²) in [7, 11) is 1.56. The highest BCUT2D eigenvalue weighted by Gasteiger charge is 2.16. The van der Waals surface area contributed by atoms with E-state index < -0.39 is 9.05 Å². The number of aromatic nitrogens is 2. The first kappa shape index (κ1) is 12.1. The van der Waals surface area contributed by atoms with E-state index in [-0.39, 0.29) is 10.8 Å². The molecule has 0 spiro atoms. The van der Waals surface area contributed by atoms with Crippen LogP contribution in [0.4, 0.5) is 0 Å². The van der Waals surface area contributed by atoms with Crippen molar-refractivity contribution in [3.05, 3.63) is 29.7 Å². The molecule has 0 aliphatic carbocycles. The molecular weight excluding hydrogens is 264 g/mol. The number of aryl methyl sites for hydroxylation is 2. The van der Waals surface area contributed by atoms with Crippen LogP contribution in [0.5, 0.6) is 0 Å². The number of hydrogen-bond acceptors (Lipinski definition) is 5. The van der Waals surface area contributed by atoms with Gasteiger partial charge in [-0.1, -0.05) is 6.07 Å². The van der Waals surface area contributed by atoms with E-state index in [4.69, 9.17) is 15.1 Å². The van der Waals surface area contributed by atoms with E-state index in [0.717, 1.165) is 0 Å². The Labute approximate surface area is 103 Å². The maximum atomic E-state index is 11.3. The Balaban J connectivity index is 2.59. The van der Waals surface area contributed by atoms with Crippen molar-refractivity contribution in [2.75, 3.05) is 0 Å². The SMILES string of the molecule is Cc1nnc(-c2ccc(C)c(S(=O)(=O)Cl)c2)o1. The normalized spacial score (nSPS) is 11.7. The Morgan fingerprint density at radius 2 is 1.94 bits per heavy atom. The third kappa shape index (κ3) is 2.48. The molecule has 2 rings (SSSR count). The van der Waals surface area contributed by atoms with E-state index >= 15 is 0 Å². The second-order valence-corrected chi connectivity index (χ2v) is 6.08. The topological polar surface area (TPSA) is 73.1 Å². The van der Waals surface area contributed by atoms with E-state index in [1.54, 1.807) is 26.0 Å². The smallest absolute Gasteiger partial charge is 0.261 e. The molecule has 0 fully saturated rings. The molecule has 0 unspecified atom stereocenters. The molecular formula is C10H9ClN2O3S. The highest BCUT2D eigenvalue weighted by molar-refractivity contribution is 8.13. The van der Waals surface area contributed by atoms with Gasteiger partial charge in [-0.25, -0.2) is 8.42 Å². The predicted octanol–water partition coefficient (Wildman–Crippen LogP) is 2.28. The average molecular weight is 273 g/mol. The summed E-state index contributed by atoms with van der Waals surface area (Å²) in [5.74, 6) is 0.680. The fourth-order valence-electron chi connectivity index (χ4n) is 1.41. The first-order valence-corrected chi connectivity index (χ1v) is 7.04. The van der Waals surface area contributed by atoms with Gasteiger partial charge in [-0.05, 0) is 24.6 Å². The Bertz CT molecular complexity index is 664. The van der Waals surface area contributed by atoms with Crippen LogP contribution in [0.25, 0.3) is 11.5 Å². The molecule has 5 nitrogen and oxygen atoms in total. The summed E-state index contributed by atoms with van der Waals surface area (Å²) in [5.41, 5.74) is 1.09. The minimum Gasteiger partial charge on any atom is -0.421 e. The molecule has 1 aromatic carbocycles. The van der Waals surface area contributed by atoms with Crippen molar-refractivity contribution in [3.8, 4) is 11.5 Å². The monoisotopic (exact) mass is 272 g/mol. The summed E-state index contributed by atoms with van der Waals surface area (Å²) in [6, 6.07) is 4.77. The molecule has 0 aliphatic rings. The lowest BCUT2D eigenvalue weighted by Gasteiger charge is -2.03. The average Bonchev–Trinajstić information content (AvgIpc) is 2.64. The summed E-state index contributed by atoms with van der Waals surface area (Å²) in [6.07, 6.45) is 0. The van der Waals surface area contributed by atoms with Gasteiger partial charge in [0.05, 0.1) is 4.90 Å². The van der Waals surface area contributed by atoms with Crippen LogP contribution in [-0.2, 0) is 9.05 Å². The first-order valence-electron chi connectivity index (χ1n) is 4.74. The Morgan fingerprint density at radius 1 is 1.24 bits per heavy atom. The quantitative estimate of drug-likeness (QED) is 0.784. The highest BCUT2D eigenvalue weighted by Crippen LogP contribution is 2.26. The number of halogens is 1. The minimum absolute atomic E-state index is 0.0486. The van der Waals surface area contributed by atoms with Crippen LogP contribution in [0.1, 0.15) is 11.5 Å². The van der Waals surface area contributed by atoms with E-state index in [1.165, 1.54) is 6.07 Å². The third-order valence-electron chi connectivity index (χ3n) is 2.22. The summed E-state index contributed by atoms with van der Waals surface area (Å²) in [6.45, 7) is 3.32. The number of benzene rings is 1. The lowest BCUT2D eigenvalue weighted by Crippen LogP contribution is -1.95. The second-order valence-electron chi connectivity index (χ2n) is 3.54. The van der Waals surface area contributed by atoms with Gasteiger partial charge in [-0.2, -0.15) is 0 Å². The zero-order valence-corrected chi connectivity index (χ0v) is 10.7. The molecule has 0 amide bonds. The van der Waals surface area contributed by atoms with Crippen LogP contribution in [0, 0.1) is 13.8 Å². The molecule has 0 N–H and O–H groups in total. The minimum atomic E-state index is -3.77. The maximum absolute atomic E-state index is 11.3. The van der Waals surface area contributed by atoms with Crippen LogP contribution in [-0.4, -0.2) is 18.6 Å². The van der Waals surface area contributed by atoms with Gasteiger partial charge in [0.25, 0.3) is 9.05 Å². The molecule has 0 saturated carbocycles. The van der Waals surface area contributed by atoms with Gasteiger partial charge in [-0.15, -0.1) is 10.2 Å². The zero-order chi connectivity index (χ0) is 12.6. The van der Waals surface area contributed by atoms with Gasteiger partial charge in [0.15, 0.2) is 0 Å². The molecule has 90 valence electrons. The molecule has 2 aromatic rings. The van der Waals surface area contributed by atoms with Crippen molar-refractivity contribution in [1.29, 1.82) is 0 Å². The molecule has 0 aliphatic heterocycles. The number of hydrogen-bond donors (Lipinski definition) is 0. The fourth-order valence-corrected chi connectivity index (χ4v) is 2.63. The molecule has 1 aromatic heterocycles. The lowest BCUT2D eigenvalue weighted by atomic mass is 10.1. The molecule has 0 bridgehead atoms. The van der Waals surface area contributed by atoms with Gasteiger partial charge in [0.1, 0.15) is 0 Å². The Morgan fingerprint density at radius 3 is 2.47 bits per heavy atom. The van der Waals surface area contributed by atoms with Gasteiger partial charge < -0.3 is 4.42 Å². The molecule has 17 heavy (non-hydrogen) atoms. The summed E-state index contributed by atoms with van der Waals surface area (Å²) < 4.78 is 27.9. The fraction of sp³-hybridized carbons (Fsp3) is 0.200. The van der Waals surface area contributed by atoms with Gasteiger partial charge in [-0.3, -0.25) is 0 Å². The number of rotatable bonds is 2.